The average molecular weight is 470 g/mol. The van der Waals surface area contributed by atoms with Crippen LogP contribution in [0.2, 0.25) is 0 Å². The van der Waals surface area contributed by atoms with E-state index in [4.69, 9.17) is 9.47 Å². The normalized spacial score (nSPS) is 21.1. The Morgan fingerprint density at radius 3 is 2.71 bits per heavy atom. The summed E-state index contributed by atoms with van der Waals surface area (Å²) in [5, 5.41) is 13.7. The largest absolute Gasteiger partial charge is 0.490 e. The van der Waals surface area contributed by atoms with Crippen molar-refractivity contribution in [2.45, 2.75) is 71.1 Å². The molecule has 1 heterocycles. The van der Waals surface area contributed by atoms with Gasteiger partial charge < -0.3 is 19.5 Å². The van der Waals surface area contributed by atoms with Crippen LogP contribution in [-0.2, 0) is 23.2 Å². The van der Waals surface area contributed by atoms with Crippen molar-refractivity contribution in [1.29, 1.82) is 0 Å². The number of ether oxygens (including phenoxy) is 2. The predicted octanol–water partition coefficient (Wildman–Crippen LogP) is 4.78. The first kappa shape index (κ1) is 24.1. The number of aryl methyl sites for hydroxylation is 2. The number of carbonyl (C=O) groups excluding carboxylic acids is 1. The number of rotatable bonds is 8. The van der Waals surface area contributed by atoms with Gasteiger partial charge in [0.2, 0.25) is 0 Å². The Balaban J connectivity index is 1.43. The number of nitrogens with zero attached hydrogens (tertiary/aromatic N) is 3. The number of carboxylic acids is 1. The Hall–Kier alpha value is -3.03. The van der Waals surface area contributed by atoms with E-state index in [0.29, 0.717) is 12.3 Å². The minimum absolute atomic E-state index is 0.0808. The molecule has 0 aliphatic heterocycles. The third kappa shape index (κ3) is 5.37. The van der Waals surface area contributed by atoms with Crippen LogP contribution in [0.5, 0.6) is 5.75 Å². The summed E-state index contributed by atoms with van der Waals surface area (Å²) in [5.74, 6) is 0.285. The maximum absolute atomic E-state index is 12.5. The standard InChI is InChI=1S/C26H35N3O5/c1-16-12-19(10-11-24(16)34-21-7-5-6-20(13-21)25(30)31)22-14-27-29(4)23(22)15-33-26(32)28(3)17(2)18-8-9-18/h10-12,14,17-18,20-21H,5-9,13,15H2,1-4H3,(H,30,31)/t17?,20-,21-/m0/s1. The summed E-state index contributed by atoms with van der Waals surface area (Å²) in [6.45, 7) is 4.19. The summed E-state index contributed by atoms with van der Waals surface area (Å²) in [6, 6.07) is 6.13. The van der Waals surface area contributed by atoms with Crippen LogP contribution in [0, 0.1) is 18.8 Å². The fourth-order valence-electron chi connectivity index (χ4n) is 4.77. The smallest absolute Gasteiger partial charge is 0.410 e. The third-order valence-corrected chi connectivity index (χ3v) is 7.35. The van der Waals surface area contributed by atoms with Gasteiger partial charge in [0.05, 0.1) is 23.9 Å². The van der Waals surface area contributed by atoms with Gasteiger partial charge in [0, 0.05) is 25.7 Å². The first-order valence-electron chi connectivity index (χ1n) is 12.2. The Morgan fingerprint density at radius 2 is 2.03 bits per heavy atom. The molecular weight excluding hydrogens is 434 g/mol. The predicted molar refractivity (Wildman–Crippen MR) is 128 cm³/mol. The monoisotopic (exact) mass is 469 g/mol. The number of hydrogen-bond acceptors (Lipinski definition) is 5. The van der Waals surface area contributed by atoms with E-state index in [1.165, 1.54) is 12.8 Å². The molecule has 8 heteroatoms. The highest BCUT2D eigenvalue weighted by Gasteiger charge is 2.33. The van der Waals surface area contributed by atoms with Gasteiger partial charge in [-0.2, -0.15) is 5.10 Å². The van der Waals surface area contributed by atoms with Crippen molar-refractivity contribution in [3.63, 3.8) is 0 Å². The van der Waals surface area contributed by atoms with E-state index in [0.717, 1.165) is 47.4 Å². The number of hydrogen-bond donors (Lipinski definition) is 1. The molecule has 0 saturated heterocycles. The van der Waals surface area contributed by atoms with Gasteiger partial charge in [0.1, 0.15) is 12.4 Å². The van der Waals surface area contributed by atoms with Crippen LogP contribution in [0.3, 0.4) is 0 Å². The van der Waals surface area contributed by atoms with Gasteiger partial charge in [0.25, 0.3) is 0 Å². The van der Waals surface area contributed by atoms with Crippen molar-refractivity contribution in [3.05, 3.63) is 35.7 Å². The maximum atomic E-state index is 12.5. The molecule has 2 aliphatic carbocycles. The molecule has 1 unspecified atom stereocenters. The van der Waals surface area contributed by atoms with E-state index in [1.54, 1.807) is 22.8 Å². The maximum Gasteiger partial charge on any atom is 0.410 e. The summed E-state index contributed by atoms with van der Waals surface area (Å²) in [7, 11) is 3.64. The fraction of sp³-hybridized carbons (Fsp3) is 0.577. The molecule has 3 atom stereocenters. The summed E-state index contributed by atoms with van der Waals surface area (Å²) < 4.78 is 13.6. The lowest BCUT2D eigenvalue weighted by atomic mass is 9.87. The van der Waals surface area contributed by atoms with Crippen molar-refractivity contribution in [2.75, 3.05) is 7.05 Å². The van der Waals surface area contributed by atoms with Crippen molar-refractivity contribution in [1.82, 2.24) is 14.7 Å². The molecule has 2 fully saturated rings. The second-order valence-corrected chi connectivity index (χ2v) is 9.79. The quantitative estimate of drug-likeness (QED) is 0.598. The molecule has 1 N–H and O–H groups in total. The highest BCUT2D eigenvalue weighted by molar-refractivity contribution is 5.70. The lowest BCUT2D eigenvalue weighted by Gasteiger charge is -2.28. The molecule has 0 radical (unpaired) electrons. The zero-order chi connectivity index (χ0) is 24.4. The summed E-state index contributed by atoms with van der Waals surface area (Å²) in [4.78, 5) is 25.6. The Kier molecular flexibility index (Phi) is 7.14. The number of amides is 1. The van der Waals surface area contributed by atoms with Gasteiger partial charge in [-0.1, -0.05) is 6.07 Å². The summed E-state index contributed by atoms with van der Waals surface area (Å²) in [6.07, 6.45) is 6.73. The molecule has 4 rings (SSSR count). The van der Waals surface area contributed by atoms with E-state index < -0.39 is 5.97 Å². The Morgan fingerprint density at radius 1 is 1.26 bits per heavy atom. The van der Waals surface area contributed by atoms with Crippen LogP contribution in [0.4, 0.5) is 4.79 Å². The van der Waals surface area contributed by atoms with E-state index in [1.807, 2.05) is 32.2 Å². The lowest BCUT2D eigenvalue weighted by Crippen LogP contribution is -2.36. The highest BCUT2D eigenvalue weighted by atomic mass is 16.6. The molecule has 1 aromatic heterocycles. The van der Waals surface area contributed by atoms with Crippen LogP contribution in [-0.4, -0.2) is 51.0 Å². The van der Waals surface area contributed by atoms with Crippen molar-refractivity contribution in [2.24, 2.45) is 18.9 Å². The van der Waals surface area contributed by atoms with E-state index in [2.05, 4.69) is 12.0 Å². The van der Waals surface area contributed by atoms with Gasteiger partial charge >= 0.3 is 12.1 Å². The molecule has 1 aromatic carbocycles. The number of carboxylic acid groups (broad SMARTS) is 1. The van der Waals surface area contributed by atoms with Gasteiger partial charge in [-0.05, 0) is 81.5 Å². The molecule has 8 nitrogen and oxygen atoms in total. The SMILES string of the molecule is Cc1cc(-c2cnn(C)c2COC(=O)N(C)C(C)C2CC2)ccc1O[C@H]1CCC[C@H](C(=O)O)C1. The number of aromatic nitrogens is 2. The molecule has 184 valence electrons. The second kappa shape index (κ2) is 10.1. The van der Waals surface area contributed by atoms with Gasteiger partial charge in [-0.25, -0.2) is 4.79 Å². The molecule has 2 saturated carbocycles. The van der Waals surface area contributed by atoms with E-state index in [9.17, 15) is 14.7 Å². The van der Waals surface area contributed by atoms with Gasteiger partial charge in [-0.3, -0.25) is 9.48 Å². The molecule has 2 aromatic rings. The fourth-order valence-corrected chi connectivity index (χ4v) is 4.77. The van der Waals surface area contributed by atoms with Crippen molar-refractivity contribution >= 4 is 12.1 Å². The molecule has 34 heavy (non-hydrogen) atoms. The van der Waals surface area contributed by atoms with Crippen LogP contribution in [0.25, 0.3) is 11.1 Å². The lowest BCUT2D eigenvalue weighted by molar-refractivity contribution is -0.143. The van der Waals surface area contributed by atoms with Crippen LogP contribution in [0.1, 0.15) is 56.7 Å². The van der Waals surface area contributed by atoms with Crippen molar-refractivity contribution in [3.8, 4) is 16.9 Å². The molecule has 1 amide bonds. The topological polar surface area (TPSA) is 93.9 Å². The zero-order valence-electron chi connectivity index (χ0n) is 20.5. The van der Waals surface area contributed by atoms with E-state index >= 15 is 0 Å². The minimum Gasteiger partial charge on any atom is -0.490 e. The number of carbonyl (C=O) groups is 2. The van der Waals surface area contributed by atoms with E-state index in [-0.39, 0.29) is 30.8 Å². The Bertz CT molecular complexity index is 1050. The molecule has 0 spiro atoms. The average Bonchev–Trinajstić information content (AvgIpc) is 3.61. The van der Waals surface area contributed by atoms with Crippen LogP contribution in [0.15, 0.2) is 24.4 Å². The zero-order valence-corrected chi connectivity index (χ0v) is 20.5. The Labute approximate surface area is 200 Å². The minimum atomic E-state index is -0.738. The van der Waals surface area contributed by atoms with Crippen LogP contribution < -0.4 is 4.74 Å². The third-order valence-electron chi connectivity index (χ3n) is 7.35. The van der Waals surface area contributed by atoms with Gasteiger partial charge in [0.15, 0.2) is 0 Å². The molecule has 0 bridgehead atoms. The summed E-state index contributed by atoms with van der Waals surface area (Å²) >= 11 is 0. The number of aliphatic carboxylic acids is 1. The molecule has 2 aliphatic rings. The highest BCUT2D eigenvalue weighted by Crippen LogP contribution is 2.35. The number of benzene rings is 1. The second-order valence-electron chi connectivity index (χ2n) is 9.79. The first-order chi connectivity index (χ1) is 16.2. The van der Waals surface area contributed by atoms with Crippen molar-refractivity contribution < 1.29 is 24.2 Å². The summed E-state index contributed by atoms with van der Waals surface area (Å²) in [5.41, 5.74) is 3.67. The first-order valence-corrected chi connectivity index (χ1v) is 12.2. The van der Waals surface area contributed by atoms with Crippen LogP contribution >= 0.6 is 0 Å². The molecular formula is C26H35N3O5. The van der Waals surface area contributed by atoms with Gasteiger partial charge in [-0.15, -0.1) is 0 Å².